The standard InChI is InChI=1S/C6H6N4/c1-2-9-6-5(8-1)3-7-4-10-6/h3-4H,1-2H2. The molecule has 1 aromatic rings. The van der Waals surface area contributed by atoms with Gasteiger partial charge in [-0.1, -0.05) is 0 Å². The van der Waals surface area contributed by atoms with Gasteiger partial charge in [-0.25, -0.2) is 9.97 Å². The largest absolute Gasteiger partial charge is 0.278 e. The van der Waals surface area contributed by atoms with Crippen LogP contribution >= 0.6 is 0 Å². The lowest BCUT2D eigenvalue weighted by Crippen LogP contribution is -2.32. The third-order valence-electron chi connectivity index (χ3n) is 1.32. The van der Waals surface area contributed by atoms with E-state index in [1.807, 2.05) is 0 Å². The molecule has 2 rings (SSSR count). The van der Waals surface area contributed by atoms with Crippen LogP contribution < -0.4 is 10.8 Å². The molecule has 0 amide bonds. The van der Waals surface area contributed by atoms with Crippen LogP contribution in [0.15, 0.2) is 22.5 Å². The van der Waals surface area contributed by atoms with Crippen LogP contribution in [0.1, 0.15) is 0 Å². The zero-order chi connectivity index (χ0) is 6.81. The van der Waals surface area contributed by atoms with Gasteiger partial charge in [0.1, 0.15) is 11.7 Å². The summed E-state index contributed by atoms with van der Waals surface area (Å²) in [5, 5.41) is 0.814. The summed E-state index contributed by atoms with van der Waals surface area (Å²) in [6, 6.07) is 0. The first kappa shape index (κ1) is 5.46. The van der Waals surface area contributed by atoms with E-state index in [4.69, 9.17) is 0 Å². The molecule has 0 saturated carbocycles. The first-order valence-electron chi connectivity index (χ1n) is 3.12. The van der Waals surface area contributed by atoms with Gasteiger partial charge in [-0.15, -0.1) is 0 Å². The molecular weight excluding hydrogens is 128 g/mol. The third-order valence-corrected chi connectivity index (χ3v) is 1.32. The van der Waals surface area contributed by atoms with Crippen molar-refractivity contribution in [3.63, 3.8) is 0 Å². The van der Waals surface area contributed by atoms with Crippen molar-refractivity contribution < 1.29 is 0 Å². The highest BCUT2D eigenvalue weighted by molar-refractivity contribution is 4.82. The van der Waals surface area contributed by atoms with Crippen molar-refractivity contribution in [1.82, 2.24) is 9.97 Å². The lowest BCUT2D eigenvalue weighted by molar-refractivity contribution is 0.820. The second kappa shape index (κ2) is 2.13. The second-order valence-corrected chi connectivity index (χ2v) is 2.00. The van der Waals surface area contributed by atoms with Crippen LogP contribution in [-0.2, 0) is 0 Å². The van der Waals surface area contributed by atoms with E-state index in [0.717, 1.165) is 23.9 Å². The normalized spacial score (nSPS) is 14.8. The van der Waals surface area contributed by atoms with Crippen molar-refractivity contribution >= 4 is 0 Å². The van der Waals surface area contributed by atoms with Gasteiger partial charge in [0.05, 0.1) is 19.3 Å². The van der Waals surface area contributed by atoms with E-state index < -0.39 is 0 Å². The van der Waals surface area contributed by atoms with E-state index in [-0.39, 0.29) is 0 Å². The SMILES string of the molecule is c1ncc2c(n1)=NCCN=2. The highest BCUT2D eigenvalue weighted by Crippen LogP contribution is 1.72. The van der Waals surface area contributed by atoms with Gasteiger partial charge in [0.15, 0.2) is 5.49 Å². The Bertz CT molecular complexity index is 308. The molecule has 4 nitrogen and oxygen atoms in total. The zero-order valence-electron chi connectivity index (χ0n) is 5.36. The molecule has 4 heteroatoms. The Labute approximate surface area is 57.4 Å². The highest BCUT2D eigenvalue weighted by atomic mass is 15.0. The minimum atomic E-state index is 0.723. The number of hydrogen-bond acceptors (Lipinski definition) is 4. The monoisotopic (exact) mass is 134 g/mol. The molecule has 1 aromatic heterocycles. The summed E-state index contributed by atoms with van der Waals surface area (Å²) in [7, 11) is 0. The van der Waals surface area contributed by atoms with E-state index in [1.165, 1.54) is 6.33 Å². The van der Waals surface area contributed by atoms with Gasteiger partial charge in [-0.3, -0.25) is 9.98 Å². The fraction of sp³-hybridized carbons (Fsp3) is 0.333. The summed E-state index contributed by atoms with van der Waals surface area (Å²) >= 11 is 0. The Hall–Kier alpha value is -1.32. The molecule has 1 aliphatic heterocycles. The minimum Gasteiger partial charge on any atom is -0.278 e. The number of nitrogens with zero attached hydrogens (tertiary/aromatic N) is 4. The summed E-state index contributed by atoms with van der Waals surface area (Å²) in [5.74, 6) is 0. The van der Waals surface area contributed by atoms with Gasteiger partial charge in [0.25, 0.3) is 0 Å². The summed E-state index contributed by atoms with van der Waals surface area (Å²) in [6.45, 7) is 1.52. The topological polar surface area (TPSA) is 50.5 Å². The molecule has 0 fully saturated rings. The molecule has 0 spiro atoms. The highest BCUT2D eigenvalue weighted by Gasteiger charge is 1.93. The van der Waals surface area contributed by atoms with Crippen LogP contribution in [0.25, 0.3) is 0 Å². The summed E-state index contributed by atoms with van der Waals surface area (Å²) in [5.41, 5.74) is 0.723. The molecule has 0 aromatic carbocycles. The summed E-state index contributed by atoms with van der Waals surface area (Å²) in [4.78, 5) is 16.1. The van der Waals surface area contributed by atoms with E-state index >= 15 is 0 Å². The first-order valence-corrected chi connectivity index (χ1v) is 3.12. The third kappa shape index (κ3) is 0.775. The smallest absolute Gasteiger partial charge is 0.176 e. The maximum atomic E-state index is 4.17. The predicted octanol–water partition coefficient (Wildman–Crippen LogP) is -1.27. The number of rotatable bonds is 0. The van der Waals surface area contributed by atoms with Crippen molar-refractivity contribution in [2.24, 2.45) is 9.98 Å². The maximum absolute atomic E-state index is 4.17. The second-order valence-electron chi connectivity index (χ2n) is 2.00. The van der Waals surface area contributed by atoms with E-state index in [9.17, 15) is 0 Å². The first-order chi connectivity index (χ1) is 4.97. The molecular formula is C6H6N4. The van der Waals surface area contributed by atoms with Gasteiger partial charge in [-0.2, -0.15) is 0 Å². The Morgan fingerprint density at radius 3 is 3.00 bits per heavy atom. The van der Waals surface area contributed by atoms with Crippen LogP contribution in [0, 0.1) is 0 Å². The zero-order valence-corrected chi connectivity index (χ0v) is 5.36. The van der Waals surface area contributed by atoms with Gasteiger partial charge in [0, 0.05) is 0 Å². The van der Waals surface area contributed by atoms with Gasteiger partial charge >= 0.3 is 0 Å². The van der Waals surface area contributed by atoms with Crippen molar-refractivity contribution in [3.8, 4) is 0 Å². The Kier molecular flexibility index (Phi) is 1.16. The fourth-order valence-electron chi connectivity index (χ4n) is 0.876. The van der Waals surface area contributed by atoms with Crippen molar-refractivity contribution in [3.05, 3.63) is 23.4 Å². The molecule has 0 atom stereocenters. The van der Waals surface area contributed by atoms with Gasteiger partial charge < -0.3 is 0 Å². The molecule has 2 heterocycles. The lowest BCUT2D eigenvalue weighted by atomic mass is 10.5. The molecule has 0 radical (unpaired) electrons. The average molecular weight is 134 g/mol. The molecule has 0 bridgehead atoms. The van der Waals surface area contributed by atoms with Crippen LogP contribution in [0.3, 0.4) is 0 Å². The molecule has 0 N–H and O–H groups in total. The van der Waals surface area contributed by atoms with Crippen LogP contribution in [0.4, 0.5) is 0 Å². The molecule has 1 aliphatic rings. The average Bonchev–Trinajstić information content (AvgIpc) is 2.05. The van der Waals surface area contributed by atoms with Crippen LogP contribution in [0.5, 0.6) is 0 Å². The summed E-state index contributed by atoms with van der Waals surface area (Å²) in [6.07, 6.45) is 3.17. The molecule has 0 saturated heterocycles. The quantitative estimate of drug-likeness (QED) is 0.444. The van der Waals surface area contributed by atoms with E-state index in [0.29, 0.717) is 0 Å². The van der Waals surface area contributed by atoms with E-state index in [1.54, 1.807) is 6.20 Å². The number of fused-ring (bicyclic) bond motifs is 1. The molecule has 10 heavy (non-hydrogen) atoms. The maximum Gasteiger partial charge on any atom is 0.176 e. The van der Waals surface area contributed by atoms with Gasteiger partial charge in [0.2, 0.25) is 0 Å². The lowest BCUT2D eigenvalue weighted by Gasteiger charge is -1.94. The van der Waals surface area contributed by atoms with Crippen LogP contribution in [0.2, 0.25) is 0 Å². The van der Waals surface area contributed by atoms with Crippen molar-refractivity contribution in [2.45, 2.75) is 0 Å². The molecule has 0 unspecified atom stereocenters. The van der Waals surface area contributed by atoms with Crippen molar-refractivity contribution in [1.29, 1.82) is 0 Å². The molecule has 0 aliphatic carbocycles. The van der Waals surface area contributed by atoms with Gasteiger partial charge in [-0.05, 0) is 0 Å². The fourth-order valence-corrected chi connectivity index (χ4v) is 0.876. The predicted molar refractivity (Wildman–Crippen MR) is 34.1 cm³/mol. The number of aromatic nitrogens is 2. The molecule has 50 valence electrons. The van der Waals surface area contributed by atoms with Crippen LogP contribution in [-0.4, -0.2) is 23.1 Å². The van der Waals surface area contributed by atoms with Crippen molar-refractivity contribution in [2.75, 3.05) is 13.1 Å². The minimum absolute atomic E-state index is 0.723. The number of hydrogen-bond donors (Lipinski definition) is 0. The Balaban J connectivity index is 2.84. The Morgan fingerprint density at radius 2 is 2.10 bits per heavy atom. The van der Waals surface area contributed by atoms with E-state index in [2.05, 4.69) is 20.0 Å². The Morgan fingerprint density at radius 1 is 1.20 bits per heavy atom. The summed E-state index contributed by atoms with van der Waals surface area (Å²) < 4.78 is 0.